The summed E-state index contributed by atoms with van der Waals surface area (Å²) >= 11 is 0. The Labute approximate surface area is 183 Å². The molecule has 1 aromatic carbocycles. The lowest BCUT2D eigenvalue weighted by atomic mass is 9.57. The number of methoxy groups -OCH3 is 1. The number of rotatable bonds is 2. The van der Waals surface area contributed by atoms with Crippen molar-refractivity contribution in [3.8, 4) is 17.2 Å². The van der Waals surface area contributed by atoms with Crippen molar-refractivity contribution in [2.24, 2.45) is 28.0 Å². The number of nitrogens with zero attached hydrogens (tertiary/aromatic N) is 3. The first-order valence-electron chi connectivity index (χ1n) is 10.9. The Kier molecular flexibility index (Phi) is 4.56. The molecule has 1 aliphatic heterocycles. The van der Waals surface area contributed by atoms with Crippen LogP contribution in [-0.4, -0.2) is 30.8 Å². The zero-order valence-electron chi connectivity index (χ0n) is 18.3. The first-order valence-corrected chi connectivity index (χ1v) is 10.9. The highest BCUT2D eigenvalue weighted by Gasteiger charge is 2.63. The van der Waals surface area contributed by atoms with E-state index >= 15 is 0 Å². The summed E-state index contributed by atoms with van der Waals surface area (Å²) in [6.07, 6.45) is 6.64. The minimum absolute atomic E-state index is 0.0459. The molecule has 31 heavy (non-hydrogen) atoms. The second-order valence-corrected chi connectivity index (χ2v) is 9.57. The number of hydrogen-bond donors (Lipinski definition) is 1. The summed E-state index contributed by atoms with van der Waals surface area (Å²) in [6.45, 7) is 5.05. The topological polar surface area (TPSA) is 93.5 Å². The molecule has 1 fully saturated rings. The molecule has 0 amide bonds. The van der Waals surface area contributed by atoms with Crippen LogP contribution < -0.4 is 5.73 Å². The zero-order valence-corrected chi connectivity index (χ0v) is 18.3. The Morgan fingerprint density at radius 1 is 1.16 bits per heavy atom. The first-order chi connectivity index (χ1) is 14.9. The second-order valence-electron chi connectivity index (χ2n) is 9.57. The molecule has 3 aliphatic rings. The van der Waals surface area contributed by atoms with Gasteiger partial charge in [-0.2, -0.15) is 5.26 Å². The van der Waals surface area contributed by atoms with Gasteiger partial charge in [-0.1, -0.05) is 26.0 Å². The fourth-order valence-electron chi connectivity index (χ4n) is 6.65. The van der Waals surface area contributed by atoms with Crippen LogP contribution in [0.2, 0.25) is 0 Å². The van der Waals surface area contributed by atoms with Gasteiger partial charge in [-0.05, 0) is 59.9 Å². The number of benzene rings is 1. The van der Waals surface area contributed by atoms with E-state index in [1.54, 1.807) is 12.4 Å². The van der Waals surface area contributed by atoms with Gasteiger partial charge in [-0.15, -0.1) is 0 Å². The Balaban J connectivity index is 1.63. The lowest BCUT2D eigenvalue weighted by Gasteiger charge is -2.50. The maximum Gasteiger partial charge on any atom is 0.283 e. The molecule has 2 N–H and O–H groups in total. The molecule has 160 valence electrons. The quantitative estimate of drug-likeness (QED) is 0.804. The third-order valence-corrected chi connectivity index (χ3v) is 7.71. The van der Waals surface area contributed by atoms with Crippen LogP contribution in [0.3, 0.4) is 0 Å². The fourth-order valence-corrected chi connectivity index (χ4v) is 6.65. The average Bonchev–Trinajstić information content (AvgIpc) is 3.27. The minimum Gasteiger partial charge on any atom is -0.462 e. The van der Waals surface area contributed by atoms with Crippen LogP contribution in [0.1, 0.15) is 43.4 Å². The van der Waals surface area contributed by atoms with Gasteiger partial charge >= 0.3 is 0 Å². The zero-order chi connectivity index (χ0) is 21.8. The van der Waals surface area contributed by atoms with Gasteiger partial charge in [-0.25, -0.2) is 4.99 Å². The number of ether oxygens (including phenoxy) is 2. The highest BCUT2D eigenvalue weighted by Crippen LogP contribution is 2.63. The number of amidine groups is 1. The molecular formula is C25H28N4O2. The molecule has 1 saturated carbocycles. The number of nitriles is 1. The van der Waals surface area contributed by atoms with E-state index in [1.165, 1.54) is 11.1 Å². The maximum atomic E-state index is 9.27. The van der Waals surface area contributed by atoms with Crippen molar-refractivity contribution in [1.82, 2.24) is 4.98 Å². The highest BCUT2D eigenvalue weighted by molar-refractivity contribution is 5.76. The molecule has 6 heteroatoms. The highest BCUT2D eigenvalue weighted by atomic mass is 16.5. The van der Waals surface area contributed by atoms with E-state index in [0.717, 1.165) is 30.4 Å². The molecule has 0 unspecified atom stereocenters. The van der Waals surface area contributed by atoms with E-state index in [4.69, 9.17) is 20.2 Å². The van der Waals surface area contributed by atoms with Crippen LogP contribution in [0.15, 0.2) is 41.7 Å². The molecular weight excluding hydrogens is 388 g/mol. The van der Waals surface area contributed by atoms with Crippen molar-refractivity contribution >= 4 is 6.02 Å². The third kappa shape index (κ3) is 2.87. The summed E-state index contributed by atoms with van der Waals surface area (Å²) in [5, 5.41) is 9.27. The molecule has 0 saturated heterocycles. The van der Waals surface area contributed by atoms with E-state index in [0.29, 0.717) is 24.0 Å². The van der Waals surface area contributed by atoms with Crippen LogP contribution in [0.4, 0.5) is 0 Å². The average molecular weight is 417 g/mol. The summed E-state index contributed by atoms with van der Waals surface area (Å²) in [5.74, 6) is 0.848. The van der Waals surface area contributed by atoms with Crippen molar-refractivity contribution in [2.45, 2.75) is 44.8 Å². The molecule has 0 bridgehead atoms. The van der Waals surface area contributed by atoms with Crippen molar-refractivity contribution in [3.63, 3.8) is 0 Å². The third-order valence-electron chi connectivity index (χ3n) is 7.71. The predicted octanol–water partition coefficient (Wildman–Crippen LogP) is 3.78. The van der Waals surface area contributed by atoms with E-state index in [2.05, 4.69) is 43.1 Å². The van der Waals surface area contributed by atoms with Crippen LogP contribution in [0.5, 0.6) is 0 Å². The smallest absolute Gasteiger partial charge is 0.283 e. The normalized spacial score (nSPS) is 33.7. The number of aliphatic imine (C=N–C) groups is 1. The molecule has 2 spiro atoms. The Morgan fingerprint density at radius 3 is 2.58 bits per heavy atom. The first kappa shape index (κ1) is 20.0. The molecule has 5 rings (SSSR count). The summed E-state index contributed by atoms with van der Waals surface area (Å²) < 4.78 is 11.7. The molecule has 2 aliphatic carbocycles. The SMILES string of the molecule is CO[C@H]1[C@H](C)C[C@@]2(Cc3ccc(-c4cncc(C#N)c4)cc3[C@@]23COC(N)=N3)C[C@@H]1C. The standard InChI is InChI=1S/C25H28N4O2/c1-15-8-24(9-16(2)22(15)30-3)10-19-5-4-18(20-6-17(11-26)12-28-13-20)7-21(19)25(24)14-31-23(27)29-25/h4-7,12-13,15-16,22H,8-10,14H2,1-3H3,(H2,27,29)/t15-,16+,22+,24+,25-/m0/s1. The van der Waals surface area contributed by atoms with E-state index in [1.807, 2.05) is 13.2 Å². The molecule has 2 aromatic rings. The van der Waals surface area contributed by atoms with Crippen molar-refractivity contribution < 1.29 is 9.47 Å². The number of pyridine rings is 1. The van der Waals surface area contributed by atoms with Gasteiger partial charge in [0.2, 0.25) is 0 Å². The van der Waals surface area contributed by atoms with Gasteiger partial charge in [0, 0.05) is 30.5 Å². The van der Waals surface area contributed by atoms with Crippen LogP contribution in [-0.2, 0) is 21.4 Å². The van der Waals surface area contributed by atoms with E-state index in [9.17, 15) is 5.26 Å². The van der Waals surface area contributed by atoms with Gasteiger partial charge in [0.1, 0.15) is 18.2 Å². The maximum absolute atomic E-state index is 9.27. The molecule has 0 radical (unpaired) electrons. The molecule has 5 atom stereocenters. The predicted molar refractivity (Wildman–Crippen MR) is 118 cm³/mol. The minimum atomic E-state index is -0.482. The van der Waals surface area contributed by atoms with E-state index in [-0.39, 0.29) is 17.5 Å². The number of aromatic nitrogens is 1. The second kappa shape index (κ2) is 7.06. The lowest BCUT2D eigenvalue weighted by Crippen LogP contribution is -2.51. The van der Waals surface area contributed by atoms with E-state index < -0.39 is 5.54 Å². The number of hydrogen-bond acceptors (Lipinski definition) is 6. The van der Waals surface area contributed by atoms with Crippen molar-refractivity contribution in [2.75, 3.05) is 13.7 Å². The van der Waals surface area contributed by atoms with Gasteiger partial charge in [0.25, 0.3) is 6.02 Å². The molecule has 6 nitrogen and oxygen atoms in total. The summed E-state index contributed by atoms with van der Waals surface area (Å²) in [4.78, 5) is 9.23. The Hall–Kier alpha value is -2.91. The van der Waals surface area contributed by atoms with Gasteiger partial charge < -0.3 is 15.2 Å². The van der Waals surface area contributed by atoms with Gasteiger partial charge in [-0.3, -0.25) is 4.98 Å². The summed E-state index contributed by atoms with van der Waals surface area (Å²) in [7, 11) is 1.82. The summed E-state index contributed by atoms with van der Waals surface area (Å²) in [5.41, 5.74) is 10.6. The summed E-state index contributed by atoms with van der Waals surface area (Å²) in [6, 6.07) is 10.9. The van der Waals surface area contributed by atoms with Crippen molar-refractivity contribution in [3.05, 3.63) is 53.3 Å². The van der Waals surface area contributed by atoms with Gasteiger partial charge in [0.15, 0.2) is 0 Å². The Morgan fingerprint density at radius 2 is 1.94 bits per heavy atom. The lowest BCUT2D eigenvalue weighted by molar-refractivity contribution is -0.0779. The fraction of sp³-hybridized carbons (Fsp3) is 0.480. The number of fused-ring (bicyclic) bond motifs is 3. The van der Waals surface area contributed by atoms with Crippen LogP contribution >= 0.6 is 0 Å². The Bertz CT molecular complexity index is 1090. The van der Waals surface area contributed by atoms with Crippen molar-refractivity contribution in [1.29, 1.82) is 5.26 Å². The monoisotopic (exact) mass is 416 g/mol. The van der Waals surface area contributed by atoms with Crippen LogP contribution in [0, 0.1) is 28.6 Å². The molecule has 2 heterocycles. The largest absolute Gasteiger partial charge is 0.462 e. The van der Waals surface area contributed by atoms with Gasteiger partial charge in [0.05, 0.1) is 11.7 Å². The molecule has 1 aromatic heterocycles. The number of nitrogens with two attached hydrogens (primary N) is 1. The van der Waals surface area contributed by atoms with Crippen LogP contribution in [0.25, 0.3) is 11.1 Å².